The van der Waals surface area contributed by atoms with Gasteiger partial charge in [-0.1, -0.05) is 25.1 Å². The molecule has 1 N–H and O–H groups in total. The van der Waals surface area contributed by atoms with Gasteiger partial charge in [0.1, 0.15) is 0 Å². The smallest absolute Gasteiger partial charge is 0.227 e. The molecule has 0 bridgehead atoms. The van der Waals surface area contributed by atoms with Gasteiger partial charge in [0.2, 0.25) is 5.91 Å². The van der Waals surface area contributed by atoms with Crippen LogP contribution in [0.1, 0.15) is 26.7 Å². The molecule has 0 saturated carbocycles. The number of piperidine rings is 1. The molecule has 0 unspecified atom stereocenters. The van der Waals surface area contributed by atoms with Crippen molar-refractivity contribution in [1.29, 1.82) is 0 Å². The number of benzene rings is 1. The lowest BCUT2D eigenvalue weighted by atomic mass is 9.88. The van der Waals surface area contributed by atoms with Gasteiger partial charge in [0, 0.05) is 25.8 Å². The predicted octanol–water partition coefficient (Wildman–Crippen LogP) is 2.20. The highest BCUT2D eigenvalue weighted by molar-refractivity contribution is 5.94. The van der Waals surface area contributed by atoms with Crippen molar-refractivity contribution in [2.24, 2.45) is 0 Å². The minimum atomic E-state index is -0.362. The Morgan fingerprint density at radius 3 is 2.75 bits per heavy atom. The van der Waals surface area contributed by atoms with Gasteiger partial charge in [0.25, 0.3) is 0 Å². The Hall–Kier alpha value is -1.39. The van der Waals surface area contributed by atoms with Crippen LogP contribution in [0.4, 0.5) is 5.69 Å². The number of nitrogens with zero attached hydrogens (tertiary/aromatic N) is 1. The van der Waals surface area contributed by atoms with E-state index in [0.717, 1.165) is 25.2 Å². The molecule has 1 aliphatic heterocycles. The number of rotatable bonds is 4. The SMILES string of the molecule is CCC(=O)N(c1ccccc1)[C@H]1CCNC[C@]1(C)OC. The van der Waals surface area contributed by atoms with Crippen molar-refractivity contribution in [1.82, 2.24) is 5.32 Å². The molecule has 0 radical (unpaired) electrons. The van der Waals surface area contributed by atoms with Crippen LogP contribution in [-0.2, 0) is 9.53 Å². The van der Waals surface area contributed by atoms with Crippen molar-refractivity contribution in [3.05, 3.63) is 30.3 Å². The number of carbonyl (C=O) groups is 1. The van der Waals surface area contributed by atoms with Gasteiger partial charge in [0.05, 0.1) is 11.6 Å². The maximum atomic E-state index is 12.5. The average molecular weight is 276 g/mol. The molecule has 4 nitrogen and oxygen atoms in total. The fraction of sp³-hybridized carbons (Fsp3) is 0.562. The Morgan fingerprint density at radius 1 is 1.45 bits per heavy atom. The normalized spacial score (nSPS) is 26.2. The molecule has 0 aliphatic carbocycles. The number of hydrogen-bond acceptors (Lipinski definition) is 3. The summed E-state index contributed by atoms with van der Waals surface area (Å²) in [5.41, 5.74) is 0.591. The minimum Gasteiger partial charge on any atom is -0.375 e. The van der Waals surface area contributed by atoms with Crippen LogP contribution in [0, 0.1) is 0 Å². The summed E-state index contributed by atoms with van der Waals surface area (Å²) in [5, 5.41) is 3.36. The van der Waals surface area contributed by atoms with Crippen LogP contribution in [-0.4, -0.2) is 37.7 Å². The second-order valence-corrected chi connectivity index (χ2v) is 5.45. The van der Waals surface area contributed by atoms with Crippen LogP contribution in [0.25, 0.3) is 0 Å². The monoisotopic (exact) mass is 276 g/mol. The van der Waals surface area contributed by atoms with E-state index in [1.807, 2.05) is 42.2 Å². The molecule has 1 saturated heterocycles. The lowest BCUT2D eigenvalue weighted by Gasteiger charge is -2.46. The molecule has 20 heavy (non-hydrogen) atoms. The van der Waals surface area contributed by atoms with Crippen molar-refractivity contribution in [3.63, 3.8) is 0 Å². The Morgan fingerprint density at radius 2 is 2.15 bits per heavy atom. The molecule has 1 amide bonds. The Balaban J connectivity index is 2.38. The minimum absolute atomic E-state index is 0.0589. The zero-order valence-electron chi connectivity index (χ0n) is 12.6. The molecule has 2 rings (SSSR count). The lowest BCUT2D eigenvalue weighted by Crippen LogP contribution is -2.62. The van der Waals surface area contributed by atoms with E-state index in [0.29, 0.717) is 6.42 Å². The number of carbonyl (C=O) groups excluding carboxylic acids is 1. The fourth-order valence-corrected chi connectivity index (χ4v) is 2.87. The standard InChI is InChI=1S/C16H24N2O2/c1-4-15(19)18(13-8-6-5-7-9-13)14-10-11-17-12-16(14,2)20-3/h5-9,14,17H,4,10-12H2,1-3H3/t14-,16-/m0/s1. The second kappa shape index (κ2) is 6.37. The van der Waals surface area contributed by atoms with E-state index in [4.69, 9.17) is 4.74 Å². The summed E-state index contributed by atoms with van der Waals surface area (Å²) < 4.78 is 5.73. The van der Waals surface area contributed by atoms with Crippen LogP contribution in [0.3, 0.4) is 0 Å². The summed E-state index contributed by atoms with van der Waals surface area (Å²) in [6.45, 7) is 5.64. The first kappa shape index (κ1) is 15.0. The maximum Gasteiger partial charge on any atom is 0.227 e. The number of hydrogen-bond donors (Lipinski definition) is 1. The lowest BCUT2D eigenvalue weighted by molar-refractivity contribution is -0.121. The van der Waals surface area contributed by atoms with Crippen molar-refractivity contribution < 1.29 is 9.53 Å². The Labute approximate surface area is 121 Å². The van der Waals surface area contributed by atoms with Crippen molar-refractivity contribution in [2.75, 3.05) is 25.1 Å². The molecule has 110 valence electrons. The van der Waals surface area contributed by atoms with Crippen LogP contribution in [0.2, 0.25) is 0 Å². The first-order valence-electron chi connectivity index (χ1n) is 7.25. The van der Waals surface area contributed by atoms with Gasteiger partial charge in [-0.2, -0.15) is 0 Å². The molecular weight excluding hydrogens is 252 g/mol. The molecule has 1 aliphatic rings. The summed E-state index contributed by atoms with van der Waals surface area (Å²) in [6.07, 6.45) is 1.39. The molecule has 0 spiro atoms. The van der Waals surface area contributed by atoms with Gasteiger partial charge in [-0.05, 0) is 32.0 Å². The summed E-state index contributed by atoms with van der Waals surface area (Å²) in [6, 6.07) is 9.95. The number of para-hydroxylation sites is 1. The third-order valence-corrected chi connectivity index (χ3v) is 4.16. The zero-order chi connectivity index (χ0) is 14.6. The van der Waals surface area contributed by atoms with E-state index >= 15 is 0 Å². The predicted molar refractivity (Wildman–Crippen MR) is 80.9 cm³/mol. The highest BCUT2D eigenvalue weighted by Gasteiger charge is 2.42. The average Bonchev–Trinajstić information content (AvgIpc) is 2.50. The van der Waals surface area contributed by atoms with Crippen LogP contribution in [0.5, 0.6) is 0 Å². The first-order valence-corrected chi connectivity index (χ1v) is 7.25. The van der Waals surface area contributed by atoms with Crippen molar-refractivity contribution >= 4 is 11.6 Å². The topological polar surface area (TPSA) is 41.6 Å². The van der Waals surface area contributed by atoms with Gasteiger partial charge in [0.15, 0.2) is 0 Å². The molecular formula is C16H24N2O2. The molecule has 1 aromatic rings. The molecule has 1 aromatic carbocycles. The summed E-state index contributed by atoms with van der Waals surface area (Å²) >= 11 is 0. The van der Waals surface area contributed by atoms with Gasteiger partial charge in [-0.15, -0.1) is 0 Å². The Kier molecular flexibility index (Phi) is 4.78. The van der Waals surface area contributed by atoms with Crippen LogP contribution in [0.15, 0.2) is 30.3 Å². The van der Waals surface area contributed by atoms with E-state index in [2.05, 4.69) is 12.2 Å². The third-order valence-electron chi connectivity index (χ3n) is 4.16. The molecule has 4 heteroatoms. The van der Waals surface area contributed by atoms with Crippen molar-refractivity contribution in [3.8, 4) is 0 Å². The maximum absolute atomic E-state index is 12.5. The highest BCUT2D eigenvalue weighted by atomic mass is 16.5. The third kappa shape index (κ3) is 2.86. The Bertz CT molecular complexity index is 449. The van der Waals surface area contributed by atoms with Gasteiger partial charge < -0.3 is 15.0 Å². The van der Waals surface area contributed by atoms with Gasteiger partial charge in [-0.25, -0.2) is 0 Å². The fourth-order valence-electron chi connectivity index (χ4n) is 2.87. The first-order chi connectivity index (χ1) is 9.62. The number of nitrogens with one attached hydrogen (secondary N) is 1. The largest absolute Gasteiger partial charge is 0.375 e. The van der Waals surface area contributed by atoms with E-state index < -0.39 is 0 Å². The number of anilines is 1. The van der Waals surface area contributed by atoms with E-state index in [1.54, 1.807) is 7.11 Å². The van der Waals surface area contributed by atoms with E-state index in [9.17, 15) is 4.79 Å². The van der Waals surface area contributed by atoms with Gasteiger partial charge in [-0.3, -0.25) is 4.79 Å². The number of methoxy groups -OCH3 is 1. The molecule has 1 fully saturated rings. The summed E-state index contributed by atoms with van der Waals surface area (Å²) in [7, 11) is 1.72. The second-order valence-electron chi connectivity index (χ2n) is 5.45. The van der Waals surface area contributed by atoms with Crippen LogP contribution >= 0.6 is 0 Å². The highest BCUT2D eigenvalue weighted by Crippen LogP contribution is 2.30. The summed E-state index contributed by atoms with van der Waals surface area (Å²) in [4.78, 5) is 14.4. The number of amides is 1. The zero-order valence-corrected chi connectivity index (χ0v) is 12.6. The molecule has 2 atom stereocenters. The molecule has 0 aromatic heterocycles. The quantitative estimate of drug-likeness (QED) is 0.916. The van der Waals surface area contributed by atoms with E-state index in [1.165, 1.54) is 0 Å². The van der Waals surface area contributed by atoms with Crippen molar-refractivity contribution in [2.45, 2.75) is 38.3 Å². The summed E-state index contributed by atoms with van der Waals surface area (Å²) in [5.74, 6) is 0.145. The van der Waals surface area contributed by atoms with Gasteiger partial charge >= 0.3 is 0 Å². The van der Waals surface area contributed by atoms with E-state index in [-0.39, 0.29) is 17.6 Å². The molecule has 1 heterocycles. The van der Waals surface area contributed by atoms with Crippen LogP contribution < -0.4 is 10.2 Å². The number of ether oxygens (including phenoxy) is 1.